The summed E-state index contributed by atoms with van der Waals surface area (Å²) in [6.07, 6.45) is 4.53. The van der Waals surface area contributed by atoms with E-state index in [9.17, 15) is 14.4 Å². The molecular weight excluding hydrogens is 412 g/mol. The number of halogens is 1. The maximum Gasteiger partial charge on any atom is 0.314 e. The van der Waals surface area contributed by atoms with Gasteiger partial charge in [0.2, 0.25) is 5.91 Å². The van der Waals surface area contributed by atoms with Crippen molar-refractivity contribution in [3.63, 3.8) is 0 Å². The van der Waals surface area contributed by atoms with Crippen molar-refractivity contribution in [2.75, 3.05) is 32.7 Å². The number of carbonyl (C=O) groups excluding carboxylic acids is 3. The average Bonchev–Trinajstić information content (AvgIpc) is 2.87. The van der Waals surface area contributed by atoms with Gasteiger partial charge in [-0.2, -0.15) is 0 Å². The van der Waals surface area contributed by atoms with Crippen LogP contribution >= 0.6 is 15.9 Å². The molecule has 4 amide bonds. The van der Waals surface area contributed by atoms with Crippen molar-refractivity contribution < 1.29 is 14.4 Å². The van der Waals surface area contributed by atoms with Crippen molar-refractivity contribution in [3.05, 3.63) is 34.3 Å². The van der Waals surface area contributed by atoms with Gasteiger partial charge in [0.25, 0.3) is 5.91 Å². The first-order valence-electron chi connectivity index (χ1n) is 9.39. The Morgan fingerprint density at radius 2 is 1.67 bits per heavy atom. The molecule has 1 fully saturated rings. The lowest BCUT2D eigenvalue weighted by Gasteiger charge is -2.20. The minimum atomic E-state index is -0.268. The summed E-state index contributed by atoms with van der Waals surface area (Å²) in [5.41, 5.74) is 0.575. The maximum absolute atomic E-state index is 11.9. The molecule has 1 aromatic carbocycles. The summed E-state index contributed by atoms with van der Waals surface area (Å²) in [5.74, 6) is 0.0466. The highest BCUT2D eigenvalue weighted by atomic mass is 79.9. The molecule has 0 radical (unpaired) electrons. The lowest BCUT2D eigenvalue weighted by molar-refractivity contribution is -0.130. The smallest absolute Gasteiger partial charge is 0.314 e. The number of rotatable bonds is 8. The first kappa shape index (κ1) is 21.2. The number of nitrogens with one attached hydrogen (secondary N) is 3. The van der Waals surface area contributed by atoms with Gasteiger partial charge in [0, 0.05) is 49.2 Å². The van der Waals surface area contributed by atoms with Crippen LogP contribution in [0.1, 0.15) is 42.5 Å². The van der Waals surface area contributed by atoms with Gasteiger partial charge >= 0.3 is 6.03 Å². The molecular formula is C19H27BrN4O3. The summed E-state index contributed by atoms with van der Waals surface area (Å²) in [7, 11) is 0. The Bertz CT molecular complexity index is 636. The van der Waals surface area contributed by atoms with E-state index in [1.807, 2.05) is 4.90 Å². The molecule has 0 unspecified atom stereocenters. The van der Waals surface area contributed by atoms with E-state index in [1.165, 1.54) is 0 Å². The second-order valence-corrected chi connectivity index (χ2v) is 7.41. The second kappa shape index (κ2) is 11.6. The zero-order chi connectivity index (χ0) is 19.5. The van der Waals surface area contributed by atoms with E-state index in [0.29, 0.717) is 38.2 Å². The minimum absolute atomic E-state index is 0.174. The molecule has 1 aliphatic heterocycles. The zero-order valence-electron chi connectivity index (χ0n) is 15.4. The molecule has 27 heavy (non-hydrogen) atoms. The summed E-state index contributed by atoms with van der Waals surface area (Å²) >= 11 is 3.32. The number of hydrogen-bond acceptors (Lipinski definition) is 3. The molecule has 0 saturated carbocycles. The van der Waals surface area contributed by atoms with Crippen LogP contribution in [0, 0.1) is 0 Å². The van der Waals surface area contributed by atoms with Gasteiger partial charge in [-0.15, -0.1) is 0 Å². The Labute approximate surface area is 168 Å². The third-order valence-electron chi connectivity index (χ3n) is 4.36. The predicted octanol–water partition coefficient (Wildman–Crippen LogP) is 2.27. The molecule has 1 aliphatic rings. The highest BCUT2D eigenvalue weighted by Crippen LogP contribution is 2.11. The van der Waals surface area contributed by atoms with Crippen LogP contribution in [-0.2, 0) is 4.79 Å². The first-order chi connectivity index (χ1) is 13.1. The van der Waals surface area contributed by atoms with Gasteiger partial charge in [-0.05, 0) is 43.5 Å². The molecule has 7 nitrogen and oxygen atoms in total. The van der Waals surface area contributed by atoms with E-state index in [2.05, 4.69) is 31.9 Å². The standard InChI is InChI=1S/C19H27BrN4O3/c20-16-8-6-15(7-9-16)18(26)21-11-12-23-19(27)22-10-4-14-24-13-3-1-2-5-17(24)25/h6-9H,1-5,10-14H2,(H,21,26)(H2,22,23,27). The van der Waals surface area contributed by atoms with Gasteiger partial charge < -0.3 is 20.9 Å². The molecule has 1 heterocycles. The van der Waals surface area contributed by atoms with Crippen molar-refractivity contribution in [1.29, 1.82) is 0 Å². The topological polar surface area (TPSA) is 90.5 Å². The van der Waals surface area contributed by atoms with E-state index in [-0.39, 0.29) is 17.8 Å². The Kier molecular flexibility index (Phi) is 9.10. The van der Waals surface area contributed by atoms with Crippen LogP contribution in [0.2, 0.25) is 0 Å². The number of hydrogen-bond donors (Lipinski definition) is 3. The van der Waals surface area contributed by atoms with Gasteiger partial charge in [-0.3, -0.25) is 9.59 Å². The Hall–Kier alpha value is -2.09. The molecule has 1 aromatic rings. The molecule has 1 saturated heterocycles. The van der Waals surface area contributed by atoms with Gasteiger partial charge in [0.1, 0.15) is 0 Å². The molecule has 8 heteroatoms. The van der Waals surface area contributed by atoms with Crippen LogP contribution in [0.3, 0.4) is 0 Å². The van der Waals surface area contributed by atoms with Crippen LogP contribution in [0.15, 0.2) is 28.7 Å². The molecule has 0 aliphatic carbocycles. The van der Waals surface area contributed by atoms with Gasteiger partial charge in [-0.25, -0.2) is 4.79 Å². The van der Waals surface area contributed by atoms with Crippen molar-refractivity contribution in [2.45, 2.75) is 32.1 Å². The van der Waals surface area contributed by atoms with Gasteiger partial charge in [0.05, 0.1) is 0 Å². The van der Waals surface area contributed by atoms with Crippen LogP contribution in [0.4, 0.5) is 4.79 Å². The number of amides is 4. The molecule has 148 valence electrons. The van der Waals surface area contributed by atoms with E-state index in [0.717, 1.165) is 36.7 Å². The summed E-state index contributed by atoms with van der Waals surface area (Å²) < 4.78 is 0.914. The number of benzene rings is 1. The van der Waals surface area contributed by atoms with E-state index < -0.39 is 0 Å². The summed E-state index contributed by atoms with van der Waals surface area (Å²) in [4.78, 5) is 37.4. The van der Waals surface area contributed by atoms with Crippen LogP contribution in [0.25, 0.3) is 0 Å². The van der Waals surface area contributed by atoms with E-state index >= 15 is 0 Å². The molecule has 0 bridgehead atoms. The SMILES string of the molecule is O=C(NCCCN1CCCCCC1=O)NCCNC(=O)c1ccc(Br)cc1. The summed E-state index contributed by atoms with van der Waals surface area (Å²) in [6.45, 7) is 2.72. The largest absolute Gasteiger partial charge is 0.350 e. The molecule has 3 N–H and O–H groups in total. The second-order valence-electron chi connectivity index (χ2n) is 6.49. The summed E-state index contributed by atoms with van der Waals surface area (Å²) in [6, 6.07) is 6.80. The van der Waals surface area contributed by atoms with Gasteiger partial charge in [-0.1, -0.05) is 22.4 Å². The lowest BCUT2D eigenvalue weighted by atomic mass is 10.2. The van der Waals surface area contributed by atoms with Crippen LogP contribution < -0.4 is 16.0 Å². The van der Waals surface area contributed by atoms with E-state index in [1.54, 1.807) is 24.3 Å². The molecule has 2 rings (SSSR count). The quantitative estimate of drug-likeness (QED) is 0.543. The van der Waals surface area contributed by atoms with E-state index in [4.69, 9.17) is 0 Å². The van der Waals surface area contributed by atoms with Crippen molar-refractivity contribution in [2.24, 2.45) is 0 Å². The fraction of sp³-hybridized carbons (Fsp3) is 0.526. The Morgan fingerprint density at radius 3 is 2.44 bits per heavy atom. The molecule has 0 spiro atoms. The van der Waals surface area contributed by atoms with Crippen molar-refractivity contribution >= 4 is 33.8 Å². The van der Waals surface area contributed by atoms with Crippen LogP contribution in [-0.4, -0.2) is 55.5 Å². The summed E-state index contributed by atoms with van der Waals surface area (Å²) in [5, 5.41) is 8.23. The van der Waals surface area contributed by atoms with Crippen LogP contribution in [0.5, 0.6) is 0 Å². The van der Waals surface area contributed by atoms with Crippen molar-refractivity contribution in [1.82, 2.24) is 20.9 Å². The maximum atomic E-state index is 11.9. The first-order valence-corrected chi connectivity index (χ1v) is 10.2. The fourth-order valence-corrected chi connectivity index (χ4v) is 3.13. The highest BCUT2D eigenvalue weighted by Gasteiger charge is 2.15. The third-order valence-corrected chi connectivity index (χ3v) is 4.89. The highest BCUT2D eigenvalue weighted by molar-refractivity contribution is 9.10. The number of likely N-dealkylation sites (tertiary alicyclic amines) is 1. The molecule has 0 atom stereocenters. The average molecular weight is 439 g/mol. The normalized spacial score (nSPS) is 14.4. The Balaban J connectivity index is 1.52. The third kappa shape index (κ3) is 7.99. The fourth-order valence-electron chi connectivity index (χ4n) is 2.86. The number of carbonyl (C=O) groups is 3. The molecule has 0 aromatic heterocycles. The minimum Gasteiger partial charge on any atom is -0.350 e. The van der Waals surface area contributed by atoms with Crippen molar-refractivity contribution in [3.8, 4) is 0 Å². The number of nitrogens with zero attached hydrogens (tertiary/aromatic N) is 1. The van der Waals surface area contributed by atoms with Gasteiger partial charge in [0.15, 0.2) is 0 Å². The predicted molar refractivity (Wildman–Crippen MR) is 108 cm³/mol. The number of urea groups is 1. The lowest BCUT2D eigenvalue weighted by Crippen LogP contribution is -2.41. The monoisotopic (exact) mass is 438 g/mol. The Morgan fingerprint density at radius 1 is 0.963 bits per heavy atom. The zero-order valence-corrected chi connectivity index (χ0v) is 17.0.